The Bertz CT molecular complexity index is 129. The highest BCUT2D eigenvalue weighted by Crippen LogP contribution is 1.93. The largest absolute Gasteiger partial charge is 0.489 e. The van der Waals surface area contributed by atoms with Crippen LogP contribution in [0, 0.1) is 0 Å². The Balaban J connectivity index is 3.85. The zero-order chi connectivity index (χ0) is 7.28. The van der Waals surface area contributed by atoms with E-state index in [4.69, 9.17) is 10.5 Å². The summed E-state index contributed by atoms with van der Waals surface area (Å²) in [6.45, 7) is 3.98. The van der Waals surface area contributed by atoms with Gasteiger partial charge in [-0.25, -0.2) is 0 Å². The number of hydrogen-bond donors (Lipinski definition) is 1. The van der Waals surface area contributed by atoms with Gasteiger partial charge in [-0.05, 0) is 19.9 Å². The molecule has 0 atom stereocenters. The monoisotopic (exact) mass is 129 g/mol. The van der Waals surface area contributed by atoms with Gasteiger partial charge in [-0.3, -0.25) is 4.79 Å². The molecule has 1 amide bonds. The van der Waals surface area contributed by atoms with E-state index in [1.165, 1.54) is 0 Å². The third kappa shape index (κ3) is 2.74. The zero-order valence-corrected chi connectivity index (χ0v) is 5.68. The third-order valence-corrected chi connectivity index (χ3v) is 0.805. The standard InChI is InChI=1S/C6H11NO2/c1-3-5(6(7)8)9-4-2/h3H,4H2,1-2H3,(H2,7,8)/b5-3+. The van der Waals surface area contributed by atoms with E-state index in [0.29, 0.717) is 6.61 Å². The molecule has 0 rings (SSSR count). The van der Waals surface area contributed by atoms with Crippen molar-refractivity contribution in [2.75, 3.05) is 6.61 Å². The van der Waals surface area contributed by atoms with Gasteiger partial charge in [0.05, 0.1) is 6.61 Å². The van der Waals surface area contributed by atoms with Gasteiger partial charge in [0.2, 0.25) is 0 Å². The quantitative estimate of drug-likeness (QED) is 0.443. The molecule has 0 aromatic rings. The minimum absolute atomic E-state index is 0.234. The van der Waals surface area contributed by atoms with Crippen LogP contribution >= 0.6 is 0 Å². The number of allylic oxidation sites excluding steroid dienone is 1. The molecule has 0 aliphatic carbocycles. The third-order valence-electron chi connectivity index (χ3n) is 0.805. The lowest BCUT2D eigenvalue weighted by Crippen LogP contribution is -2.15. The van der Waals surface area contributed by atoms with Crippen LogP contribution in [0.25, 0.3) is 0 Å². The lowest BCUT2D eigenvalue weighted by Gasteiger charge is -2.01. The van der Waals surface area contributed by atoms with Crippen LogP contribution in [0.1, 0.15) is 13.8 Å². The SMILES string of the molecule is C/C=C(/OCC)C(N)=O. The summed E-state index contributed by atoms with van der Waals surface area (Å²) in [4.78, 5) is 10.3. The number of carbonyl (C=O) groups excluding carboxylic acids is 1. The number of nitrogens with two attached hydrogens (primary N) is 1. The fourth-order valence-corrected chi connectivity index (χ4v) is 0.452. The predicted molar refractivity (Wildman–Crippen MR) is 34.6 cm³/mol. The molecule has 0 fully saturated rings. The molecule has 0 aromatic carbocycles. The first-order valence-corrected chi connectivity index (χ1v) is 2.81. The van der Waals surface area contributed by atoms with Gasteiger partial charge in [-0.15, -0.1) is 0 Å². The molecule has 0 aliphatic rings. The minimum Gasteiger partial charge on any atom is -0.489 e. The van der Waals surface area contributed by atoms with Crippen LogP contribution in [0.4, 0.5) is 0 Å². The van der Waals surface area contributed by atoms with E-state index in [1.54, 1.807) is 19.9 Å². The van der Waals surface area contributed by atoms with Crippen molar-refractivity contribution in [3.05, 3.63) is 11.8 Å². The second-order valence-corrected chi connectivity index (χ2v) is 1.45. The van der Waals surface area contributed by atoms with Gasteiger partial charge in [0.15, 0.2) is 5.76 Å². The highest BCUT2D eigenvalue weighted by molar-refractivity contribution is 5.89. The average molecular weight is 129 g/mol. The molecular weight excluding hydrogens is 118 g/mol. The molecule has 52 valence electrons. The first kappa shape index (κ1) is 8.01. The fraction of sp³-hybridized carbons (Fsp3) is 0.500. The number of ether oxygens (including phenoxy) is 1. The summed E-state index contributed by atoms with van der Waals surface area (Å²) >= 11 is 0. The van der Waals surface area contributed by atoms with Crippen molar-refractivity contribution in [1.29, 1.82) is 0 Å². The van der Waals surface area contributed by atoms with Crippen molar-refractivity contribution >= 4 is 5.91 Å². The summed E-state index contributed by atoms with van der Waals surface area (Å²) in [6.07, 6.45) is 1.55. The van der Waals surface area contributed by atoms with Gasteiger partial charge in [0.25, 0.3) is 5.91 Å². The van der Waals surface area contributed by atoms with Gasteiger partial charge in [-0.2, -0.15) is 0 Å². The average Bonchev–Trinajstić information content (AvgIpc) is 1.82. The maximum absolute atomic E-state index is 10.3. The second-order valence-electron chi connectivity index (χ2n) is 1.45. The van der Waals surface area contributed by atoms with E-state index in [9.17, 15) is 4.79 Å². The maximum Gasteiger partial charge on any atom is 0.283 e. The Morgan fingerprint density at radius 3 is 2.44 bits per heavy atom. The molecule has 3 nitrogen and oxygen atoms in total. The lowest BCUT2D eigenvalue weighted by molar-refractivity contribution is -0.117. The predicted octanol–water partition coefficient (Wildman–Crippen LogP) is 0.412. The smallest absolute Gasteiger partial charge is 0.283 e. The van der Waals surface area contributed by atoms with E-state index in [0.717, 1.165) is 0 Å². The molecule has 0 bridgehead atoms. The molecule has 9 heavy (non-hydrogen) atoms. The van der Waals surface area contributed by atoms with Crippen LogP contribution < -0.4 is 5.73 Å². The summed E-state index contributed by atoms with van der Waals surface area (Å²) in [5.41, 5.74) is 4.90. The van der Waals surface area contributed by atoms with E-state index in [2.05, 4.69) is 0 Å². The molecule has 0 aromatic heterocycles. The summed E-state index contributed by atoms with van der Waals surface area (Å²) in [6, 6.07) is 0. The molecule has 3 heteroatoms. The van der Waals surface area contributed by atoms with E-state index < -0.39 is 5.91 Å². The molecular formula is C6H11NO2. The molecule has 0 saturated heterocycles. The topological polar surface area (TPSA) is 52.3 Å². The molecule has 0 saturated carbocycles. The van der Waals surface area contributed by atoms with Crippen LogP contribution in [-0.4, -0.2) is 12.5 Å². The Kier molecular flexibility index (Phi) is 3.51. The molecule has 0 spiro atoms. The van der Waals surface area contributed by atoms with Crippen molar-refractivity contribution < 1.29 is 9.53 Å². The van der Waals surface area contributed by atoms with Crippen molar-refractivity contribution in [1.82, 2.24) is 0 Å². The number of hydrogen-bond acceptors (Lipinski definition) is 2. The Hall–Kier alpha value is -0.990. The van der Waals surface area contributed by atoms with Crippen LogP contribution in [0.5, 0.6) is 0 Å². The maximum atomic E-state index is 10.3. The first-order valence-electron chi connectivity index (χ1n) is 2.81. The summed E-state index contributed by atoms with van der Waals surface area (Å²) < 4.78 is 4.84. The number of carbonyl (C=O) groups is 1. The number of amides is 1. The highest BCUT2D eigenvalue weighted by atomic mass is 16.5. The van der Waals surface area contributed by atoms with Gasteiger partial charge >= 0.3 is 0 Å². The van der Waals surface area contributed by atoms with Crippen molar-refractivity contribution in [3.63, 3.8) is 0 Å². The van der Waals surface area contributed by atoms with Crippen LogP contribution in [0.15, 0.2) is 11.8 Å². The molecule has 0 heterocycles. The molecule has 2 N–H and O–H groups in total. The van der Waals surface area contributed by atoms with E-state index >= 15 is 0 Å². The molecule has 0 radical (unpaired) electrons. The normalized spacial score (nSPS) is 11.1. The van der Waals surface area contributed by atoms with E-state index in [1.807, 2.05) is 0 Å². The second kappa shape index (κ2) is 3.95. The van der Waals surface area contributed by atoms with Crippen molar-refractivity contribution in [2.24, 2.45) is 5.73 Å². The summed E-state index contributed by atoms with van der Waals surface area (Å²) in [7, 11) is 0. The Morgan fingerprint density at radius 2 is 2.33 bits per heavy atom. The fourth-order valence-electron chi connectivity index (χ4n) is 0.452. The zero-order valence-electron chi connectivity index (χ0n) is 5.68. The summed E-state index contributed by atoms with van der Waals surface area (Å²) in [5, 5.41) is 0. The van der Waals surface area contributed by atoms with Crippen LogP contribution in [0.2, 0.25) is 0 Å². The minimum atomic E-state index is -0.514. The summed E-state index contributed by atoms with van der Waals surface area (Å²) in [5.74, 6) is -0.281. The van der Waals surface area contributed by atoms with Crippen LogP contribution in [-0.2, 0) is 9.53 Å². The first-order chi connectivity index (χ1) is 4.22. The molecule has 0 unspecified atom stereocenters. The van der Waals surface area contributed by atoms with Gasteiger partial charge in [-0.1, -0.05) is 0 Å². The Labute approximate surface area is 54.5 Å². The van der Waals surface area contributed by atoms with Gasteiger partial charge < -0.3 is 10.5 Å². The van der Waals surface area contributed by atoms with Crippen molar-refractivity contribution in [3.8, 4) is 0 Å². The molecule has 0 aliphatic heterocycles. The lowest BCUT2D eigenvalue weighted by atomic mass is 10.4. The number of rotatable bonds is 3. The van der Waals surface area contributed by atoms with Crippen molar-refractivity contribution in [2.45, 2.75) is 13.8 Å². The van der Waals surface area contributed by atoms with E-state index in [-0.39, 0.29) is 5.76 Å². The van der Waals surface area contributed by atoms with Gasteiger partial charge in [0.1, 0.15) is 0 Å². The highest BCUT2D eigenvalue weighted by Gasteiger charge is 2.00. The van der Waals surface area contributed by atoms with Crippen LogP contribution in [0.3, 0.4) is 0 Å². The number of primary amides is 1. The van der Waals surface area contributed by atoms with Gasteiger partial charge in [0, 0.05) is 0 Å². The Morgan fingerprint density at radius 1 is 1.78 bits per heavy atom.